The van der Waals surface area contributed by atoms with Crippen LogP contribution in [0.25, 0.3) is 0 Å². The Hall–Kier alpha value is -2.15. The molecule has 2 bridgehead atoms. The van der Waals surface area contributed by atoms with Crippen LogP contribution in [0.5, 0.6) is 0 Å². The number of carboxylic acids is 1. The molecule has 21 heavy (non-hydrogen) atoms. The van der Waals surface area contributed by atoms with E-state index in [1.54, 1.807) is 24.3 Å². The van der Waals surface area contributed by atoms with Gasteiger partial charge in [-0.3, -0.25) is 4.79 Å². The SMILES string of the molecule is C=C1C2CCC(C2)C1(C#CC1C=CC=CC1C(=O)O)N=O. The van der Waals surface area contributed by atoms with E-state index in [0.29, 0.717) is 5.92 Å². The number of rotatable bonds is 2. The maximum atomic E-state index is 11.5. The summed E-state index contributed by atoms with van der Waals surface area (Å²) in [5.41, 5.74) is -0.176. The molecule has 0 heterocycles. The first-order valence-electron chi connectivity index (χ1n) is 7.23. The van der Waals surface area contributed by atoms with Crippen LogP contribution in [-0.2, 0) is 4.79 Å². The van der Waals surface area contributed by atoms with Crippen molar-refractivity contribution in [3.8, 4) is 11.8 Å². The minimum Gasteiger partial charge on any atom is -0.481 e. The van der Waals surface area contributed by atoms with Crippen LogP contribution in [0.3, 0.4) is 0 Å². The highest BCUT2D eigenvalue weighted by Gasteiger charge is 2.55. The number of nitroso groups, excluding NO2 is 1. The molecule has 0 amide bonds. The fourth-order valence-electron chi connectivity index (χ4n) is 3.76. The first-order valence-corrected chi connectivity index (χ1v) is 7.23. The Morgan fingerprint density at radius 2 is 2.14 bits per heavy atom. The quantitative estimate of drug-likeness (QED) is 0.481. The van der Waals surface area contributed by atoms with Crippen LogP contribution in [0.4, 0.5) is 0 Å². The van der Waals surface area contributed by atoms with Gasteiger partial charge >= 0.3 is 5.97 Å². The Bertz CT molecular complexity index is 622. The summed E-state index contributed by atoms with van der Waals surface area (Å²) in [6.07, 6.45) is 9.83. The number of carboxylic acid groups (broad SMARTS) is 1. The fraction of sp³-hybridized carbons (Fsp3) is 0.471. The molecule has 2 fully saturated rings. The zero-order chi connectivity index (χ0) is 15.0. The Morgan fingerprint density at radius 1 is 1.38 bits per heavy atom. The number of allylic oxidation sites excluding steroid dienone is 3. The Morgan fingerprint density at radius 3 is 2.76 bits per heavy atom. The molecule has 0 aliphatic heterocycles. The Kier molecular flexibility index (Phi) is 3.29. The molecule has 3 rings (SSSR count). The van der Waals surface area contributed by atoms with Gasteiger partial charge in [-0.05, 0) is 35.9 Å². The molecule has 0 spiro atoms. The third-order valence-corrected chi connectivity index (χ3v) is 5.00. The smallest absolute Gasteiger partial charge is 0.311 e. The lowest BCUT2D eigenvalue weighted by atomic mass is 9.78. The standard InChI is InChI=1S/C17H17NO3/c1-11-13-6-7-14(10-13)17(11,18-21)9-8-12-4-2-3-5-15(12)16(19)20/h2-5,12-15H,1,6-7,10H2,(H,19,20). The lowest BCUT2D eigenvalue weighted by Crippen LogP contribution is -2.33. The molecule has 2 saturated carbocycles. The Labute approximate surface area is 123 Å². The molecule has 0 radical (unpaired) electrons. The van der Waals surface area contributed by atoms with E-state index >= 15 is 0 Å². The summed E-state index contributed by atoms with van der Waals surface area (Å²) in [4.78, 5) is 22.7. The van der Waals surface area contributed by atoms with Crippen molar-refractivity contribution in [3.63, 3.8) is 0 Å². The summed E-state index contributed by atoms with van der Waals surface area (Å²) >= 11 is 0. The van der Waals surface area contributed by atoms with Crippen LogP contribution in [0.1, 0.15) is 19.3 Å². The molecule has 4 heteroatoms. The van der Waals surface area contributed by atoms with E-state index in [0.717, 1.165) is 24.8 Å². The largest absolute Gasteiger partial charge is 0.481 e. The summed E-state index contributed by atoms with van der Waals surface area (Å²) in [5.74, 6) is 4.48. The first kappa shape index (κ1) is 13.8. The van der Waals surface area contributed by atoms with Crippen molar-refractivity contribution in [2.75, 3.05) is 0 Å². The second-order valence-electron chi connectivity index (χ2n) is 6.02. The maximum Gasteiger partial charge on any atom is 0.311 e. The van der Waals surface area contributed by atoms with Gasteiger partial charge in [0.1, 0.15) is 0 Å². The van der Waals surface area contributed by atoms with Crippen molar-refractivity contribution in [2.45, 2.75) is 24.8 Å². The predicted octanol–water partition coefficient (Wildman–Crippen LogP) is 2.92. The van der Waals surface area contributed by atoms with Gasteiger partial charge in [0.15, 0.2) is 5.54 Å². The summed E-state index contributed by atoms with van der Waals surface area (Å²) in [7, 11) is 0. The van der Waals surface area contributed by atoms with Gasteiger partial charge in [0.05, 0.1) is 11.8 Å². The van der Waals surface area contributed by atoms with E-state index in [4.69, 9.17) is 0 Å². The van der Waals surface area contributed by atoms with Gasteiger partial charge in [-0.15, -0.1) is 4.91 Å². The summed E-state index contributed by atoms with van der Waals surface area (Å²) in [6, 6.07) is 0. The monoisotopic (exact) mass is 283 g/mol. The third-order valence-electron chi connectivity index (χ3n) is 5.00. The van der Waals surface area contributed by atoms with E-state index in [2.05, 4.69) is 23.6 Å². The van der Waals surface area contributed by atoms with Crippen molar-refractivity contribution in [3.05, 3.63) is 41.4 Å². The van der Waals surface area contributed by atoms with E-state index < -0.39 is 23.3 Å². The highest BCUT2D eigenvalue weighted by atomic mass is 16.4. The second kappa shape index (κ2) is 5.00. The highest BCUT2D eigenvalue weighted by Crippen LogP contribution is 2.55. The van der Waals surface area contributed by atoms with E-state index in [9.17, 15) is 14.8 Å². The number of fused-ring (bicyclic) bond motifs is 2. The molecule has 3 aliphatic carbocycles. The molecular formula is C17H17NO3. The number of hydrogen-bond donors (Lipinski definition) is 1. The van der Waals surface area contributed by atoms with Crippen LogP contribution < -0.4 is 0 Å². The van der Waals surface area contributed by atoms with Crippen LogP contribution in [-0.4, -0.2) is 16.6 Å². The second-order valence-corrected chi connectivity index (χ2v) is 6.02. The normalized spacial score (nSPS) is 39.9. The fourth-order valence-corrected chi connectivity index (χ4v) is 3.76. The molecule has 108 valence electrons. The van der Waals surface area contributed by atoms with E-state index in [1.165, 1.54) is 0 Å². The van der Waals surface area contributed by atoms with Crippen molar-refractivity contribution in [1.82, 2.24) is 0 Å². The van der Waals surface area contributed by atoms with Gasteiger partial charge in [0.2, 0.25) is 0 Å². The number of hydrogen-bond acceptors (Lipinski definition) is 3. The van der Waals surface area contributed by atoms with Crippen molar-refractivity contribution in [1.29, 1.82) is 0 Å². The first-order chi connectivity index (χ1) is 10.1. The molecule has 0 aromatic rings. The van der Waals surface area contributed by atoms with Gasteiger partial charge < -0.3 is 5.11 Å². The molecular weight excluding hydrogens is 266 g/mol. The molecule has 5 atom stereocenters. The lowest BCUT2D eigenvalue weighted by molar-refractivity contribution is -0.140. The van der Waals surface area contributed by atoms with Crippen LogP contribution in [0.2, 0.25) is 0 Å². The molecule has 0 aromatic heterocycles. The maximum absolute atomic E-state index is 11.5. The van der Waals surface area contributed by atoms with Gasteiger partial charge in [-0.1, -0.05) is 42.7 Å². The van der Waals surface area contributed by atoms with Crippen LogP contribution in [0.15, 0.2) is 41.6 Å². The molecule has 3 aliphatic rings. The molecule has 0 saturated heterocycles. The van der Waals surface area contributed by atoms with Crippen molar-refractivity contribution >= 4 is 5.97 Å². The van der Waals surface area contributed by atoms with Gasteiger partial charge in [0, 0.05) is 5.92 Å². The van der Waals surface area contributed by atoms with Crippen LogP contribution in [0, 0.1) is 40.4 Å². The predicted molar refractivity (Wildman–Crippen MR) is 79.2 cm³/mol. The van der Waals surface area contributed by atoms with Crippen molar-refractivity contribution < 1.29 is 9.90 Å². The summed E-state index contributed by atoms with van der Waals surface area (Å²) < 4.78 is 0. The van der Waals surface area contributed by atoms with Gasteiger partial charge in [-0.25, -0.2) is 0 Å². The van der Waals surface area contributed by atoms with Gasteiger partial charge in [0.25, 0.3) is 0 Å². The summed E-state index contributed by atoms with van der Waals surface area (Å²) in [6.45, 7) is 4.03. The van der Waals surface area contributed by atoms with Crippen LogP contribution >= 0.6 is 0 Å². The zero-order valence-corrected chi connectivity index (χ0v) is 11.7. The van der Waals surface area contributed by atoms with Gasteiger partial charge in [-0.2, -0.15) is 0 Å². The van der Waals surface area contributed by atoms with E-state index in [1.807, 2.05) is 0 Å². The molecule has 0 aromatic carbocycles. The minimum absolute atomic E-state index is 0.145. The molecule has 1 N–H and O–H groups in total. The molecule has 4 nitrogen and oxygen atoms in total. The molecule has 5 unspecified atom stereocenters. The topological polar surface area (TPSA) is 66.7 Å². The third kappa shape index (κ3) is 2.04. The average Bonchev–Trinajstić information content (AvgIpc) is 3.07. The lowest BCUT2D eigenvalue weighted by Gasteiger charge is -2.28. The minimum atomic E-state index is -0.999. The van der Waals surface area contributed by atoms with Crippen molar-refractivity contribution in [2.24, 2.45) is 28.8 Å². The number of carbonyl (C=O) groups is 1. The average molecular weight is 283 g/mol. The zero-order valence-electron chi connectivity index (χ0n) is 11.7. The van der Waals surface area contributed by atoms with E-state index in [-0.39, 0.29) is 5.92 Å². The number of nitrogens with zero attached hydrogens (tertiary/aromatic N) is 1. The number of aliphatic carboxylic acids is 1. The highest BCUT2D eigenvalue weighted by molar-refractivity contribution is 5.74. The Balaban J connectivity index is 1.91. The summed E-state index contributed by atoms with van der Waals surface area (Å²) in [5, 5.41) is 12.5.